The molecule has 0 N–H and O–H groups in total. The third-order valence-electron chi connectivity index (χ3n) is 2.82. The van der Waals surface area contributed by atoms with Gasteiger partial charge in [-0.2, -0.15) is 0 Å². The maximum atomic E-state index is 5.95. The second-order valence-corrected chi connectivity index (χ2v) is 4.34. The summed E-state index contributed by atoms with van der Waals surface area (Å²) in [4.78, 5) is 0. The van der Waals surface area contributed by atoms with E-state index in [1.165, 1.54) is 0 Å². The summed E-state index contributed by atoms with van der Waals surface area (Å²) in [6.07, 6.45) is 0. The smallest absolute Gasteiger partial charge is 0.189 e. The molecule has 0 atom stereocenters. The number of methoxy groups -OCH3 is 1. The van der Waals surface area contributed by atoms with Gasteiger partial charge in [0.2, 0.25) is 0 Å². The zero-order valence-electron chi connectivity index (χ0n) is 10.9. The van der Waals surface area contributed by atoms with Crippen molar-refractivity contribution in [2.24, 2.45) is 0 Å². The molecule has 2 rings (SSSR count). The van der Waals surface area contributed by atoms with E-state index in [0.29, 0.717) is 19.1 Å². The average molecular weight is 281 g/mol. The number of alkyl halides is 1. The van der Waals surface area contributed by atoms with Gasteiger partial charge in [-0.3, -0.25) is 0 Å². The molecule has 102 valence electrons. The highest BCUT2D eigenvalue weighted by Gasteiger charge is 2.08. The minimum atomic E-state index is 0.196. The molecular formula is C15H17ClO3. The van der Waals surface area contributed by atoms with Crippen molar-refractivity contribution < 1.29 is 14.2 Å². The second kappa shape index (κ2) is 7.34. The van der Waals surface area contributed by atoms with Gasteiger partial charge in [-0.05, 0) is 5.39 Å². The number of halogens is 1. The van der Waals surface area contributed by atoms with Crippen molar-refractivity contribution in [3.8, 4) is 5.75 Å². The molecule has 0 aliphatic carbocycles. The van der Waals surface area contributed by atoms with E-state index in [9.17, 15) is 0 Å². The van der Waals surface area contributed by atoms with Gasteiger partial charge in [0.1, 0.15) is 5.75 Å². The van der Waals surface area contributed by atoms with Crippen LogP contribution in [-0.4, -0.2) is 27.1 Å². The van der Waals surface area contributed by atoms with Gasteiger partial charge in [-0.1, -0.05) is 36.4 Å². The van der Waals surface area contributed by atoms with Crippen molar-refractivity contribution in [3.05, 3.63) is 42.0 Å². The Morgan fingerprint density at radius 1 is 1.05 bits per heavy atom. The predicted octanol–water partition coefficient (Wildman–Crippen LogP) is 3.58. The van der Waals surface area contributed by atoms with E-state index in [1.807, 2.05) is 36.4 Å². The number of fused-ring (bicyclic) bond motifs is 1. The van der Waals surface area contributed by atoms with Crippen molar-refractivity contribution in [3.63, 3.8) is 0 Å². The lowest BCUT2D eigenvalue weighted by Crippen LogP contribution is -2.08. The number of ether oxygens (including phenoxy) is 3. The first-order valence-corrected chi connectivity index (χ1v) is 6.66. The molecule has 0 spiro atoms. The molecule has 4 heteroatoms. The quantitative estimate of drug-likeness (QED) is 0.441. The lowest BCUT2D eigenvalue weighted by Gasteiger charge is -2.13. The van der Waals surface area contributed by atoms with Crippen LogP contribution in [0.15, 0.2) is 36.4 Å². The molecular weight excluding hydrogens is 264 g/mol. The van der Waals surface area contributed by atoms with Gasteiger partial charge in [0, 0.05) is 18.1 Å². The summed E-state index contributed by atoms with van der Waals surface area (Å²) >= 11 is 5.95. The summed E-state index contributed by atoms with van der Waals surface area (Å²) in [5.74, 6) is 1.21. The largest absolute Gasteiger partial charge is 0.467 e. The highest BCUT2D eigenvalue weighted by molar-refractivity contribution is 6.17. The zero-order valence-corrected chi connectivity index (χ0v) is 11.7. The van der Waals surface area contributed by atoms with Crippen molar-refractivity contribution in [2.45, 2.75) is 5.88 Å². The lowest BCUT2D eigenvalue weighted by atomic mass is 10.1. The molecule has 0 aromatic heterocycles. The summed E-state index contributed by atoms with van der Waals surface area (Å²) in [5.41, 5.74) is 0.968. The van der Waals surface area contributed by atoms with E-state index in [1.54, 1.807) is 7.11 Å². The van der Waals surface area contributed by atoms with Gasteiger partial charge in [0.05, 0.1) is 19.1 Å². The van der Waals surface area contributed by atoms with Crippen LogP contribution in [0.1, 0.15) is 5.56 Å². The zero-order chi connectivity index (χ0) is 13.5. The number of benzene rings is 2. The second-order valence-electron chi connectivity index (χ2n) is 4.07. The van der Waals surface area contributed by atoms with Crippen molar-refractivity contribution >= 4 is 22.4 Å². The van der Waals surface area contributed by atoms with E-state index in [2.05, 4.69) is 0 Å². The molecule has 0 bridgehead atoms. The molecule has 2 aromatic carbocycles. The van der Waals surface area contributed by atoms with Gasteiger partial charge in [0.15, 0.2) is 6.79 Å². The predicted molar refractivity (Wildman–Crippen MR) is 76.8 cm³/mol. The van der Waals surface area contributed by atoms with Crippen LogP contribution in [0.3, 0.4) is 0 Å². The molecule has 0 aliphatic rings. The monoisotopic (exact) mass is 280 g/mol. The van der Waals surface area contributed by atoms with Gasteiger partial charge in [0.25, 0.3) is 0 Å². The topological polar surface area (TPSA) is 27.7 Å². The molecule has 3 nitrogen and oxygen atoms in total. The van der Waals surface area contributed by atoms with Crippen molar-refractivity contribution in [1.82, 2.24) is 0 Å². The normalized spacial score (nSPS) is 10.8. The highest BCUT2D eigenvalue weighted by atomic mass is 35.5. The Morgan fingerprint density at radius 3 is 2.68 bits per heavy atom. The Morgan fingerprint density at radius 2 is 1.89 bits per heavy atom. The fourth-order valence-electron chi connectivity index (χ4n) is 1.87. The molecule has 0 radical (unpaired) electrons. The van der Waals surface area contributed by atoms with E-state index >= 15 is 0 Å². The van der Waals surface area contributed by atoms with Gasteiger partial charge in [-0.15, -0.1) is 11.6 Å². The van der Waals surface area contributed by atoms with Gasteiger partial charge in [-0.25, -0.2) is 0 Å². The molecule has 19 heavy (non-hydrogen) atoms. The summed E-state index contributed by atoms with van der Waals surface area (Å²) in [7, 11) is 1.64. The summed E-state index contributed by atoms with van der Waals surface area (Å²) in [6, 6.07) is 12.1. The highest BCUT2D eigenvalue weighted by Crippen LogP contribution is 2.30. The molecule has 0 aliphatic heterocycles. The molecule has 2 aromatic rings. The lowest BCUT2D eigenvalue weighted by molar-refractivity contribution is -0.00810. The van der Waals surface area contributed by atoms with Crippen LogP contribution in [-0.2, 0) is 15.4 Å². The van der Waals surface area contributed by atoms with Gasteiger partial charge < -0.3 is 14.2 Å². The Bertz CT molecular complexity index is 528. The Labute approximate surface area is 118 Å². The Hall–Kier alpha value is -1.29. The minimum absolute atomic E-state index is 0.196. The van der Waals surface area contributed by atoms with Crippen LogP contribution in [0.2, 0.25) is 0 Å². The maximum Gasteiger partial charge on any atom is 0.189 e. The maximum absolute atomic E-state index is 5.95. The fraction of sp³-hybridized carbons (Fsp3) is 0.333. The third kappa shape index (κ3) is 3.60. The van der Waals surface area contributed by atoms with E-state index in [0.717, 1.165) is 22.1 Å². The Kier molecular flexibility index (Phi) is 5.45. The molecule has 0 saturated carbocycles. The average Bonchev–Trinajstić information content (AvgIpc) is 2.47. The molecule has 0 fully saturated rings. The minimum Gasteiger partial charge on any atom is -0.467 e. The molecule has 0 amide bonds. The van der Waals surface area contributed by atoms with E-state index in [4.69, 9.17) is 25.8 Å². The van der Waals surface area contributed by atoms with Crippen molar-refractivity contribution in [2.75, 3.05) is 27.1 Å². The number of hydrogen-bond acceptors (Lipinski definition) is 3. The van der Waals surface area contributed by atoms with Crippen LogP contribution in [0, 0.1) is 0 Å². The summed E-state index contributed by atoms with van der Waals surface area (Å²) < 4.78 is 16.0. The number of rotatable bonds is 7. The number of hydrogen-bond donors (Lipinski definition) is 0. The van der Waals surface area contributed by atoms with Crippen LogP contribution in [0.5, 0.6) is 5.75 Å². The summed E-state index contributed by atoms with van der Waals surface area (Å²) in [6.45, 7) is 1.26. The molecule has 0 saturated heterocycles. The Balaban J connectivity index is 2.14. The first-order chi connectivity index (χ1) is 9.36. The first kappa shape index (κ1) is 14.1. The SMILES string of the molecule is COCCOCOc1c(CCl)ccc2ccccc12. The van der Waals surface area contributed by atoms with Crippen molar-refractivity contribution in [1.29, 1.82) is 0 Å². The van der Waals surface area contributed by atoms with E-state index in [-0.39, 0.29) is 6.79 Å². The standard InChI is InChI=1S/C15H17ClO3/c1-17-8-9-18-11-19-15-13(10-16)7-6-12-4-2-3-5-14(12)15/h2-7H,8-11H2,1H3. The van der Waals surface area contributed by atoms with Crippen LogP contribution >= 0.6 is 11.6 Å². The van der Waals surface area contributed by atoms with Gasteiger partial charge >= 0.3 is 0 Å². The van der Waals surface area contributed by atoms with Crippen LogP contribution in [0.4, 0.5) is 0 Å². The van der Waals surface area contributed by atoms with Crippen LogP contribution in [0.25, 0.3) is 10.8 Å². The van der Waals surface area contributed by atoms with Crippen LogP contribution < -0.4 is 4.74 Å². The molecule has 0 heterocycles. The summed E-state index contributed by atoms with van der Waals surface area (Å²) in [5, 5.41) is 2.18. The molecule has 0 unspecified atom stereocenters. The fourth-order valence-corrected chi connectivity index (χ4v) is 2.08. The van der Waals surface area contributed by atoms with E-state index < -0.39 is 0 Å². The first-order valence-electron chi connectivity index (χ1n) is 6.13. The third-order valence-corrected chi connectivity index (χ3v) is 3.11.